The van der Waals surface area contributed by atoms with Crippen LogP contribution in [0.15, 0.2) is 0 Å². The molecule has 0 unspecified atom stereocenters. The molecule has 0 aliphatic heterocycles. The van der Waals surface area contributed by atoms with Gasteiger partial charge in [0.15, 0.2) is 0 Å². The highest BCUT2D eigenvalue weighted by molar-refractivity contribution is 5.79. The molecule has 0 aromatic heterocycles. The lowest BCUT2D eigenvalue weighted by atomic mass is 10.1. The zero-order valence-electron chi connectivity index (χ0n) is 6.40. The van der Waals surface area contributed by atoms with Gasteiger partial charge in [-0.1, -0.05) is 0 Å². The van der Waals surface area contributed by atoms with Gasteiger partial charge in [-0.25, -0.2) is 0 Å². The third-order valence-corrected chi connectivity index (χ3v) is 0.893. The number of carbonyl (C=O) groups is 1. The van der Waals surface area contributed by atoms with Crippen molar-refractivity contribution in [2.75, 3.05) is 6.54 Å². The van der Waals surface area contributed by atoms with Crippen LogP contribution in [0.3, 0.4) is 0 Å². The maximum absolute atomic E-state index is 11.5. The summed E-state index contributed by atoms with van der Waals surface area (Å²) in [5, 5.41) is 10.9. The Morgan fingerprint density at radius 3 is 2.36 bits per heavy atom. The van der Waals surface area contributed by atoms with Gasteiger partial charge in [-0.05, 0) is 13.8 Å². The minimum atomic E-state index is -3.02. The van der Waals surface area contributed by atoms with Gasteiger partial charge in [0.05, 0.1) is 5.60 Å². The fourth-order valence-electron chi connectivity index (χ4n) is 0.381. The monoisotopic (exact) mass is 167 g/mol. The average molecular weight is 167 g/mol. The van der Waals surface area contributed by atoms with Crippen molar-refractivity contribution < 1.29 is 18.7 Å². The summed E-state index contributed by atoms with van der Waals surface area (Å²) >= 11 is 0. The van der Waals surface area contributed by atoms with E-state index in [9.17, 15) is 13.6 Å². The molecular weight excluding hydrogens is 156 g/mol. The van der Waals surface area contributed by atoms with E-state index >= 15 is 0 Å². The minimum absolute atomic E-state index is 0.170. The van der Waals surface area contributed by atoms with Gasteiger partial charge < -0.3 is 10.4 Å². The first-order chi connectivity index (χ1) is 4.83. The second kappa shape index (κ2) is 3.61. The van der Waals surface area contributed by atoms with Crippen LogP contribution in [0, 0.1) is 0 Å². The number of rotatable bonds is 3. The van der Waals surface area contributed by atoms with E-state index in [2.05, 4.69) is 0 Å². The van der Waals surface area contributed by atoms with E-state index in [1.807, 2.05) is 5.32 Å². The van der Waals surface area contributed by atoms with Gasteiger partial charge in [-0.2, -0.15) is 8.78 Å². The van der Waals surface area contributed by atoms with E-state index in [-0.39, 0.29) is 6.54 Å². The molecule has 0 aromatic carbocycles. The second-order valence-corrected chi connectivity index (χ2v) is 2.83. The van der Waals surface area contributed by atoms with Crippen molar-refractivity contribution in [2.45, 2.75) is 25.9 Å². The molecule has 1 amide bonds. The summed E-state index contributed by atoms with van der Waals surface area (Å²) in [5.74, 6) is -1.35. The summed E-state index contributed by atoms with van der Waals surface area (Å²) in [5.41, 5.74) is -1.15. The maximum Gasteiger partial charge on any atom is 0.315 e. The number of amides is 1. The van der Waals surface area contributed by atoms with Gasteiger partial charge in [0.25, 0.3) is 5.91 Å². The fraction of sp³-hybridized carbons (Fsp3) is 0.833. The van der Waals surface area contributed by atoms with E-state index in [0.29, 0.717) is 0 Å². The Morgan fingerprint density at radius 1 is 1.64 bits per heavy atom. The van der Waals surface area contributed by atoms with Gasteiger partial charge in [0.1, 0.15) is 0 Å². The van der Waals surface area contributed by atoms with Crippen molar-refractivity contribution in [1.82, 2.24) is 5.32 Å². The number of carbonyl (C=O) groups excluding carboxylic acids is 1. The molecule has 0 saturated heterocycles. The van der Waals surface area contributed by atoms with Crippen LogP contribution in [0.25, 0.3) is 0 Å². The molecule has 0 aromatic rings. The highest BCUT2D eigenvalue weighted by atomic mass is 19.3. The van der Waals surface area contributed by atoms with Crippen molar-refractivity contribution in [3.63, 3.8) is 0 Å². The van der Waals surface area contributed by atoms with Crippen LogP contribution in [0.1, 0.15) is 13.8 Å². The van der Waals surface area contributed by atoms with Crippen LogP contribution in [0.5, 0.6) is 0 Å². The predicted molar refractivity (Wildman–Crippen MR) is 35.3 cm³/mol. The third-order valence-electron chi connectivity index (χ3n) is 0.893. The molecule has 11 heavy (non-hydrogen) atoms. The summed E-state index contributed by atoms with van der Waals surface area (Å²) < 4.78 is 23.0. The lowest BCUT2D eigenvalue weighted by Gasteiger charge is -2.17. The Labute approximate surface area is 63.4 Å². The summed E-state index contributed by atoms with van der Waals surface area (Å²) in [6.07, 6.45) is -3.02. The van der Waals surface area contributed by atoms with Gasteiger partial charge in [-0.3, -0.25) is 4.79 Å². The Morgan fingerprint density at radius 2 is 2.09 bits per heavy atom. The zero-order valence-corrected chi connectivity index (χ0v) is 6.40. The molecule has 2 N–H and O–H groups in total. The number of alkyl halides is 2. The van der Waals surface area contributed by atoms with Crippen molar-refractivity contribution in [3.8, 4) is 0 Å². The molecule has 0 aliphatic carbocycles. The van der Waals surface area contributed by atoms with Gasteiger partial charge in [0, 0.05) is 6.54 Å². The molecule has 0 saturated carbocycles. The van der Waals surface area contributed by atoms with Crippen molar-refractivity contribution in [2.24, 2.45) is 0 Å². The highest BCUT2D eigenvalue weighted by Gasteiger charge is 2.18. The fourth-order valence-corrected chi connectivity index (χ4v) is 0.381. The molecule has 0 aliphatic rings. The molecule has 0 spiro atoms. The van der Waals surface area contributed by atoms with E-state index in [4.69, 9.17) is 5.11 Å². The smallest absolute Gasteiger partial charge is 0.315 e. The van der Waals surface area contributed by atoms with E-state index in [1.165, 1.54) is 13.8 Å². The lowest BCUT2D eigenvalue weighted by Crippen LogP contribution is -2.40. The first kappa shape index (κ1) is 10.3. The second-order valence-electron chi connectivity index (χ2n) is 2.83. The first-order valence-corrected chi connectivity index (χ1v) is 3.11. The van der Waals surface area contributed by atoms with Gasteiger partial charge >= 0.3 is 6.43 Å². The molecule has 0 radical (unpaired) electrons. The van der Waals surface area contributed by atoms with Crippen LogP contribution >= 0.6 is 0 Å². The van der Waals surface area contributed by atoms with Gasteiger partial charge in [-0.15, -0.1) is 0 Å². The topological polar surface area (TPSA) is 49.3 Å². The van der Waals surface area contributed by atoms with E-state index < -0.39 is 17.9 Å². The maximum atomic E-state index is 11.5. The standard InChI is InChI=1S/C6H11F2NO2/c1-6(2,11)3-9-5(10)4(7)8/h4,11H,3H2,1-2H3,(H,9,10). The molecule has 0 rings (SSSR count). The number of hydrogen-bond acceptors (Lipinski definition) is 2. The first-order valence-electron chi connectivity index (χ1n) is 3.11. The summed E-state index contributed by atoms with van der Waals surface area (Å²) in [6.45, 7) is 2.66. The molecular formula is C6H11F2NO2. The van der Waals surface area contributed by atoms with Crippen LogP contribution in [0.2, 0.25) is 0 Å². The summed E-state index contributed by atoms with van der Waals surface area (Å²) in [6, 6.07) is 0. The van der Waals surface area contributed by atoms with Crippen LogP contribution in [-0.4, -0.2) is 29.6 Å². The minimum Gasteiger partial charge on any atom is -0.389 e. The predicted octanol–water partition coefficient (Wildman–Crippen LogP) is 0.139. The number of nitrogens with one attached hydrogen (secondary N) is 1. The van der Waals surface area contributed by atoms with Crippen molar-refractivity contribution >= 4 is 5.91 Å². The van der Waals surface area contributed by atoms with Gasteiger partial charge in [0.2, 0.25) is 0 Å². The largest absolute Gasteiger partial charge is 0.389 e. The molecule has 0 atom stereocenters. The number of aliphatic hydroxyl groups is 1. The van der Waals surface area contributed by atoms with Crippen LogP contribution in [-0.2, 0) is 4.79 Å². The van der Waals surface area contributed by atoms with Crippen LogP contribution in [0.4, 0.5) is 8.78 Å². The lowest BCUT2D eigenvalue weighted by molar-refractivity contribution is -0.132. The Balaban J connectivity index is 3.64. The Kier molecular flexibility index (Phi) is 3.38. The summed E-state index contributed by atoms with van der Waals surface area (Å²) in [4.78, 5) is 10.2. The van der Waals surface area contributed by atoms with Crippen molar-refractivity contribution in [1.29, 1.82) is 0 Å². The van der Waals surface area contributed by atoms with Crippen molar-refractivity contribution in [3.05, 3.63) is 0 Å². The van der Waals surface area contributed by atoms with E-state index in [1.54, 1.807) is 0 Å². The third kappa shape index (κ3) is 5.72. The average Bonchev–Trinajstić information content (AvgIpc) is 1.80. The normalized spacial score (nSPS) is 11.8. The zero-order chi connectivity index (χ0) is 9.07. The number of hydrogen-bond donors (Lipinski definition) is 2. The molecule has 3 nitrogen and oxygen atoms in total. The number of halogens is 2. The molecule has 5 heteroatoms. The summed E-state index contributed by atoms with van der Waals surface area (Å²) in [7, 11) is 0. The SMILES string of the molecule is CC(C)(O)CNC(=O)C(F)F. The molecule has 0 fully saturated rings. The Bertz CT molecular complexity index is 142. The van der Waals surface area contributed by atoms with E-state index in [0.717, 1.165) is 0 Å². The molecule has 0 heterocycles. The molecule has 0 bridgehead atoms. The molecule has 66 valence electrons. The highest BCUT2D eigenvalue weighted by Crippen LogP contribution is 1.98. The quantitative estimate of drug-likeness (QED) is 0.628. The van der Waals surface area contributed by atoms with Crippen LogP contribution < -0.4 is 5.32 Å². The Hall–Kier alpha value is -0.710.